The molecule has 5 heteroatoms. The molecule has 2 N–H and O–H groups in total. The third-order valence-corrected chi connectivity index (χ3v) is 3.92. The second-order valence-electron chi connectivity index (χ2n) is 3.33. The first-order valence-electron chi connectivity index (χ1n) is 4.40. The molecule has 76 valence electrons. The molecular formula is C8H16N2O2S. The lowest BCUT2D eigenvalue weighted by Crippen LogP contribution is -2.46. The minimum absolute atomic E-state index is 0.00617. The minimum Gasteiger partial charge on any atom is -0.327 e. The van der Waals surface area contributed by atoms with E-state index >= 15 is 0 Å². The van der Waals surface area contributed by atoms with Crippen molar-refractivity contribution in [1.29, 1.82) is 0 Å². The molecule has 0 aromatic rings. The molecule has 0 saturated carbocycles. The van der Waals surface area contributed by atoms with E-state index < -0.39 is 10.0 Å². The van der Waals surface area contributed by atoms with Crippen LogP contribution in [-0.4, -0.2) is 37.6 Å². The Bertz CT molecular complexity index is 274. The standard InChI is InChI=1S/C8H16N2O2S/c1-2-6-13(11,12)10-5-3-4-8(9)7-10/h2,8H,1,3-7,9H2. The van der Waals surface area contributed by atoms with Crippen molar-refractivity contribution < 1.29 is 8.42 Å². The zero-order chi connectivity index (χ0) is 9.90. The number of sulfonamides is 1. The first-order valence-corrected chi connectivity index (χ1v) is 6.01. The summed E-state index contributed by atoms with van der Waals surface area (Å²) in [6.45, 7) is 4.48. The molecule has 1 rings (SSSR count). The molecule has 0 aromatic heterocycles. The van der Waals surface area contributed by atoms with Crippen molar-refractivity contribution in [3.63, 3.8) is 0 Å². The van der Waals surface area contributed by atoms with E-state index in [1.807, 2.05) is 0 Å². The Kier molecular flexibility index (Phi) is 3.47. The van der Waals surface area contributed by atoms with Crippen molar-refractivity contribution in [3.8, 4) is 0 Å². The van der Waals surface area contributed by atoms with Gasteiger partial charge in [0.05, 0.1) is 5.75 Å². The average Bonchev–Trinajstić information content (AvgIpc) is 2.04. The summed E-state index contributed by atoms with van der Waals surface area (Å²) in [6, 6.07) is -0.00617. The van der Waals surface area contributed by atoms with Gasteiger partial charge in [0.2, 0.25) is 10.0 Å². The smallest absolute Gasteiger partial charge is 0.217 e. The van der Waals surface area contributed by atoms with E-state index in [0.717, 1.165) is 12.8 Å². The molecule has 1 heterocycles. The molecule has 0 spiro atoms. The monoisotopic (exact) mass is 204 g/mol. The molecule has 0 aliphatic carbocycles. The maximum atomic E-state index is 11.5. The topological polar surface area (TPSA) is 63.4 Å². The van der Waals surface area contributed by atoms with Crippen LogP contribution in [0.4, 0.5) is 0 Å². The van der Waals surface area contributed by atoms with Crippen LogP contribution in [0.15, 0.2) is 12.7 Å². The van der Waals surface area contributed by atoms with Gasteiger partial charge in [-0.3, -0.25) is 0 Å². The zero-order valence-electron chi connectivity index (χ0n) is 7.65. The minimum atomic E-state index is -3.13. The third-order valence-electron chi connectivity index (χ3n) is 2.14. The van der Waals surface area contributed by atoms with E-state index in [4.69, 9.17) is 5.73 Å². The van der Waals surface area contributed by atoms with E-state index in [9.17, 15) is 8.42 Å². The molecule has 0 radical (unpaired) electrons. The second-order valence-corrected chi connectivity index (χ2v) is 5.34. The van der Waals surface area contributed by atoms with Crippen molar-refractivity contribution in [3.05, 3.63) is 12.7 Å². The summed E-state index contributed by atoms with van der Waals surface area (Å²) in [6.07, 6.45) is 3.19. The van der Waals surface area contributed by atoms with Gasteiger partial charge in [0.1, 0.15) is 0 Å². The SMILES string of the molecule is C=CCS(=O)(=O)N1CCCC(N)C1. The fourth-order valence-corrected chi connectivity index (χ4v) is 2.82. The van der Waals surface area contributed by atoms with Crippen molar-refractivity contribution >= 4 is 10.0 Å². The van der Waals surface area contributed by atoms with Crippen molar-refractivity contribution in [2.75, 3.05) is 18.8 Å². The van der Waals surface area contributed by atoms with Gasteiger partial charge >= 0.3 is 0 Å². The number of nitrogens with two attached hydrogens (primary N) is 1. The van der Waals surface area contributed by atoms with E-state index in [2.05, 4.69) is 6.58 Å². The Morgan fingerprint density at radius 1 is 1.62 bits per heavy atom. The van der Waals surface area contributed by atoms with E-state index in [1.54, 1.807) is 0 Å². The van der Waals surface area contributed by atoms with Gasteiger partial charge in [-0.25, -0.2) is 12.7 Å². The number of piperidine rings is 1. The molecule has 1 saturated heterocycles. The molecule has 0 amide bonds. The van der Waals surface area contributed by atoms with Gasteiger partial charge in [-0.05, 0) is 12.8 Å². The highest BCUT2D eigenvalue weighted by atomic mass is 32.2. The van der Waals surface area contributed by atoms with Crippen LogP contribution in [0.2, 0.25) is 0 Å². The summed E-state index contributed by atoms with van der Waals surface area (Å²) >= 11 is 0. The van der Waals surface area contributed by atoms with Gasteiger partial charge < -0.3 is 5.73 Å². The Labute approximate surface area is 79.5 Å². The van der Waals surface area contributed by atoms with Gasteiger partial charge in [0.15, 0.2) is 0 Å². The first-order chi connectivity index (χ1) is 6.06. The van der Waals surface area contributed by atoms with Crippen LogP contribution in [0.3, 0.4) is 0 Å². The van der Waals surface area contributed by atoms with Crippen LogP contribution in [0.1, 0.15) is 12.8 Å². The van der Waals surface area contributed by atoms with Crippen molar-refractivity contribution in [1.82, 2.24) is 4.31 Å². The number of nitrogens with zero attached hydrogens (tertiary/aromatic N) is 1. The molecule has 0 aromatic carbocycles. The number of rotatable bonds is 3. The number of hydrogen-bond donors (Lipinski definition) is 1. The molecular weight excluding hydrogens is 188 g/mol. The van der Waals surface area contributed by atoms with Gasteiger partial charge in [0.25, 0.3) is 0 Å². The normalized spacial score (nSPS) is 25.8. The fourth-order valence-electron chi connectivity index (χ4n) is 1.48. The second kappa shape index (κ2) is 4.21. The van der Waals surface area contributed by atoms with Gasteiger partial charge in [0, 0.05) is 19.1 Å². The van der Waals surface area contributed by atoms with Crippen LogP contribution in [0.5, 0.6) is 0 Å². The lowest BCUT2D eigenvalue weighted by molar-refractivity contribution is 0.317. The molecule has 1 aliphatic rings. The summed E-state index contributed by atoms with van der Waals surface area (Å²) in [5, 5.41) is 0. The Morgan fingerprint density at radius 2 is 2.31 bits per heavy atom. The average molecular weight is 204 g/mol. The maximum Gasteiger partial charge on any atom is 0.217 e. The Balaban J connectivity index is 2.65. The molecule has 1 atom stereocenters. The first kappa shape index (κ1) is 10.7. The van der Waals surface area contributed by atoms with E-state index in [0.29, 0.717) is 13.1 Å². The van der Waals surface area contributed by atoms with Gasteiger partial charge in [-0.2, -0.15) is 0 Å². The summed E-state index contributed by atoms with van der Waals surface area (Å²) in [7, 11) is -3.13. The van der Waals surface area contributed by atoms with Crippen LogP contribution in [0.25, 0.3) is 0 Å². The van der Waals surface area contributed by atoms with Crippen LogP contribution in [0, 0.1) is 0 Å². The predicted molar refractivity (Wildman–Crippen MR) is 52.8 cm³/mol. The zero-order valence-corrected chi connectivity index (χ0v) is 8.46. The lowest BCUT2D eigenvalue weighted by Gasteiger charge is -2.29. The molecule has 1 unspecified atom stereocenters. The Morgan fingerprint density at radius 3 is 2.85 bits per heavy atom. The largest absolute Gasteiger partial charge is 0.327 e. The fraction of sp³-hybridized carbons (Fsp3) is 0.750. The third kappa shape index (κ3) is 2.79. The van der Waals surface area contributed by atoms with Crippen molar-refractivity contribution in [2.45, 2.75) is 18.9 Å². The molecule has 4 nitrogen and oxygen atoms in total. The summed E-state index contributed by atoms with van der Waals surface area (Å²) in [5.41, 5.74) is 5.69. The lowest BCUT2D eigenvalue weighted by atomic mass is 10.1. The van der Waals surface area contributed by atoms with Crippen molar-refractivity contribution in [2.24, 2.45) is 5.73 Å². The number of hydrogen-bond acceptors (Lipinski definition) is 3. The quantitative estimate of drug-likeness (QED) is 0.654. The van der Waals surface area contributed by atoms with Crippen LogP contribution < -0.4 is 5.73 Å². The summed E-state index contributed by atoms with van der Waals surface area (Å²) in [4.78, 5) is 0. The summed E-state index contributed by atoms with van der Waals surface area (Å²) < 4.78 is 24.5. The summed E-state index contributed by atoms with van der Waals surface area (Å²) in [5.74, 6) is 0.0136. The van der Waals surface area contributed by atoms with Gasteiger partial charge in [-0.15, -0.1) is 6.58 Å². The molecule has 1 aliphatic heterocycles. The predicted octanol–water partition coefficient (Wildman–Crippen LogP) is -0.0747. The molecule has 0 bridgehead atoms. The highest BCUT2D eigenvalue weighted by molar-refractivity contribution is 7.89. The molecule has 13 heavy (non-hydrogen) atoms. The van der Waals surface area contributed by atoms with Crippen LogP contribution >= 0.6 is 0 Å². The highest BCUT2D eigenvalue weighted by Gasteiger charge is 2.25. The van der Waals surface area contributed by atoms with E-state index in [-0.39, 0.29) is 11.8 Å². The van der Waals surface area contributed by atoms with Gasteiger partial charge in [-0.1, -0.05) is 6.08 Å². The maximum absolute atomic E-state index is 11.5. The highest BCUT2D eigenvalue weighted by Crippen LogP contribution is 2.12. The van der Waals surface area contributed by atoms with E-state index in [1.165, 1.54) is 10.4 Å². The Hall–Kier alpha value is -0.390. The molecule has 1 fully saturated rings. The van der Waals surface area contributed by atoms with Crippen LogP contribution in [-0.2, 0) is 10.0 Å².